The average molecular weight is 308 g/mol. The van der Waals surface area contributed by atoms with Gasteiger partial charge in [0, 0.05) is 20.3 Å². The number of carbonyl (C=O) groups is 1. The maximum atomic E-state index is 11.4. The van der Waals surface area contributed by atoms with Crippen LogP contribution in [0.25, 0.3) is 0 Å². The molecule has 2 N–H and O–H groups in total. The Labute approximate surface area is 131 Å². The number of aliphatic imine (C=N–C) groups is 1. The van der Waals surface area contributed by atoms with E-state index in [0.29, 0.717) is 6.54 Å². The Bertz CT molecular complexity index is 449. The molecule has 0 saturated heterocycles. The lowest BCUT2D eigenvalue weighted by Crippen LogP contribution is -2.22. The van der Waals surface area contributed by atoms with Crippen molar-refractivity contribution < 1.29 is 19.0 Å². The van der Waals surface area contributed by atoms with Crippen LogP contribution in [0.3, 0.4) is 0 Å². The third-order valence-corrected chi connectivity index (χ3v) is 2.91. The Morgan fingerprint density at radius 2 is 1.86 bits per heavy atom. The van der Waals surface area contributed by atoms with Crippen LogP contribution >= 0.6 is 0 Å². The van der Waals surface area contributed by atoms with Crippen molar-refractivity contribution in [1.82, 2.24) is 0 Å². The summed E-state index contributed by atoms with van der Waals surface area (Å²) < 4.78 is 14.7. The molecule has 122 valence electrons. The van der Waals surface area contributed by atoms with Crippen LogP contribution in [-0.4, -0.2) is 32.4 Å². The van der Waals surface area contributed by atoms with E-state index in [1.54, 1.807) is 7.11 Å². The second-order valence-electron chi connectivity index (χ2n) is 4.75. The smallest absolute Gasteiger partial charge is 0.429 e. The van der Waals surface area contributed by atoms with Gasteiger partial charge in [-0.1, -0.05) is 43.2 Å². The topological polar surface area (TPSA) is 83.1 Å². The van der Waals surface area contributed by atoms with Crippen molar-refractivity contribution in [3.05, 3.63) is 35.9 Å². The highest BCUT2D eigenvalue weighted by Gasteiger charge is 2.07. The molecule has 1 aromatic rings. The Hall–Kier alpha value is -2.08. The molecule has 1 rings (SSSR count). The molecule has 22 heavy (non-hydrogen) atoms. The van der Waals surface area contributed by atoms with Gasteiger partial charge < -0.3 is 19.9 Å². The molecule has 1 aromatic carbocycles. The normalized spacial score (nSPS) is 11.2. The fourth-order valence-electron chi connectivity index (χ4n) is 1.76. The predicted molar refractivity (Wildman–Crippen MR) is 84.5 cm³/mol. The van der Waals surface area contributed by atoms with E-state index in [9.17, 15) is 4.79 Å². The summed E-state index contributed by atoms with van der Waals surface area (Å²) in [7, 11) is 1.69. The first-order chi connectivity index (χ1) is 10.7. The third-order valence-electron chi connectivity index (χ3n) is 2.91. The Morgan fingerprint density at radius 1 is 1.14 bits per heavy atom. The van der Waals surface area contributed by atoms with Crippen LogP contribution in [0.2, 0.25) is 0 Å². The minimum atomic E-state index is -0.842. The van der Waals surface area contributed by atoms with Gasteiger partial charge in [0.2, 0.25) is 0 Å². The van der Waals surface area contributed by atoms with Crippen LogP contribution in [0.5, 0.6) is 0 Å². The van der Waals surface area contributed by atoms with E-state index in [-0.39, 0.29) is 12.6 Å². The van der Waals surface area contributed by atoms with Crippen molar-refractivity contribution in [1.29, 1.82) is 0 Å². The summed E-state index contributed by atoms with van der Waals surface area (Å²) in [5, 5.41) is 0. The number of benzene rings is 1. The maximum absolute atomic E-state index is 11.4. The Kier molecular flexibility index (Phi) is 9.45. The molecule has 6 nitrogen and oxygen atoms in total. The average Bonchev–Trinajstić information content (AvgIpc) is 2.53. The Balaban J connectivity index is 2.11. The lowest BCUT2D eigenvalue weighted by Gasteiger charge is -2.05. The summed E-state index contributed by atoms with van der Waals surface area (Å²) in [5.41, 5.74) is 6.39. The second kappa shape index (κ2) is 11.6. The molecule has 0 aromatic heterocycles. The van der Waals surface area contributed by atoms with Crippen LogP contribution < -0.4 is 5.73 Å². The van der Waals surface area contributed by atoms with Gasteiger partial charge in [0.05, 0.1) is 0 Å². The predicted octanol–water partition coefficient (Wildman–Crippen LogP) is 2.86. The second-order valence-corrected chi connectivity index (χ2v) is 4.75. The van der Waals surface area contributed by atoms with Crippen molar-refractivity contribution >= 4 is 12.2 Å². The summed E-state index contributed by atoms with van der Waals surface area (Å²) in [6, 6.07) is 9.18. The van der Waals surface area contributed by atoms with E-state index in [1.165, 1.54) is 0 Å². The highest BCUT2D eigenvalue weighted by atomic mass is 16.7. The van der Waals surface area contributed by atoms with E-state index in [2.05, 4.69) is 4.99 Å². The SMILES string of the molecule is COCCCCCCN=C(N)OC(=O)OCc1ccccc1. The number of amidine groups is 1. The molecule has 0 radical (unpaired) electrons. The van der Waals surface area contributed by atoms with Gasteiger partial charge in [-0.25, -0.2) is 9.79 Å². The molecule has 0 aliphatic rings. The number of nitrogens with two attached hydrogens (primary N) is 1. The van der Waals surface area contributed by atoms with E-state index in [1.807, 2.05) is 30.3 Å². The zero-order valence-electron chi connectivity index (χ0n) is 13.0. The highest BCUT2D eigenvalue weighted by molar-refractivity contribution is 5.82. The molecule has 0 atom stereocenters. The van der Waals surface area contributed by atoms with Crippen LogP contribution in [0.4, 0.5) is 4.79 Å². The number of ether oxygens (including phenoxy) is 3. The minimum absolute atomic E-state index is 0.145. The Morgan fingerprint density at radius 3 is 2.59 bits per heavy atom. The van der Waals surface area contributed by atoms with Gasteiger partial charge in [0.1, 0.15) is 6.61 Å². The number of unbranched alkanes of at least 4 members (excludes halogenated alkanes) is 3. The number of rotatable bonds is 9. The molecule has 6 heteroatoms. The molecule has 0 aliphatic heterocycles. The van der Waals surface area contributed by atoms with Crippen molar-refractivity contribution in [2.75, 3.05) is 20.3 Å². The number of hydrogen-bond donors (Lipinski definition) is 1. The molecule has 0 spiro atoms. The molecule has 0 heterocycles. The molecule has 0 amide bonds. The van der Waals surface area contributed by atoms with Gasteiger partial charge in [0.15, 0.2) is 0 Å². The molecule has 0 saturated carbocycles. The standard InChI is InChI=1S/C16H24N2O4/c1-20-12-8-3-2-7-11-18-15(17)22-16(19)21-13-14-9-5-4-6-10-14/h4-6,9-10H,2-3,7-8,11-13H2,1H3,(H2,17,18). The van der Waals surface area contributed by atoms with Gasteiger partial charge in [-0.2, -0.15) is 0 Å². The number of methoxy groups -OCH3 is 1. The molecular formula is C16H24N2O4. The zero-order valence-corrected chi connectivity index (χ0v) is 13.0. The van der Waals surface area contributed by atoms with Crippen LogP contribution in [0.15, 0.2) is 35.3 Å². The number of nitrogens with zero attached hydrogens (tertiary/aromatic N) is 1. The van der Waals surface area contributed by atoms with Crippen molar-refractivity contribution in [3.8, 4) is 0 Å². The first-order valence-corrected chi connectivity index (χ1v) is 7.39. The third kappa shape index (κ3) is 8.97. The first kappa shape index (κ1) is 18.0. The molecule has 0 unspecified atom stereocenters. The summed E-state index contributed by atoms with van der Waals surface area (Å²) in [6.07, 6.45) is 3.22. The van der Waals surface area contributed by atoms with Gasteiger partial charge in [0.25, 0.3) is 6.02 Å². The van der Waals surface area contributed by atoms with E-state index < -0.39 is 6.16 Å². The summed E-state index contributed by atoms with van der Waals surface area (Å²) >= 11 is 0. The van der Waals surface area contributed by atoms with Crippen LogP contribution in [-0.2, 0) is 20.8 Å². The van der Waals surface area contributed by atoms with Gasteiger partial charge in [-0.15, -0.1) is 0 Å². The monoisotopic (exact) mass is 308 g/mol. The van der Waals surface area contributed by atoms with Crippen molar-refractivity contribution in [2.24, 2.45) is 10.7 Å². The van der Waals surface area contributed by atoms with E-state index >= 15 is 0 Å². The summed E-state index contributed by atoms with van der Waals surface area (Å²) in [5.74, 6) is 0. The number of carbonyl (C=O) groups excluding carboxylic acids is 1. The largest absolute Gasteiger partial charge is 0.516 e. The molecular weight excluding hydrogens is 284 g/mol. The van der Waals surface area contributed by atoms with E-state index in [0.717, 1.165) is 37.9 Å². The molecule has 0 bridgehead atoms. The molecule has 0 fully saturated rings. The molecule has 0 aliphatic carbocycles. The van der Waals surface area contributed by atoms with E-state index in [4.69, 9.17) is 19.9 Å². The highest BCUT2D eigenvalue weighted by Crippen LogP contribution is 2.02. The first-order valence-electron chi connectivity index (χ1n) is 7.39. The van der Waals surface area contributed by atoms with Crippen molar-refractivity contribution in [3.63, 3.8) is 0 Å². The minimum Gasteiger partial charge on any atom is -0.429 e. The maximum Gasteiger partial charge on any atom is 0.516 e. The van der Waals surface area contributed by atoms with Crippen molar-refractivity contribution in [2.45, 2.75) is 32.3 Å². The summed E-state index contributed by atoms with van der Waals surface area (Å²) in [4.78, 5) is 15.4. The van der Waals surface area contributed by atoms with Crippen LogP contribution in [0, 0.1) is 0 Å². The van der Waals surface area contributed by atoms with Gasteiger partial charge in [-0.05, 0) is 18.4 Å². The summed E-state index contributed by atoms with van der Waals surface area (Å²) in [6.45, 7) is 1.46. The number of hydrogen-bond acceptors (Lipinski definition) is 5. The lowest BCUT2D eigenvalue weighted by atomic mass is 10.2. The van der Waals surface area contributed by atoms with Gasteiger partial charge in [-0.3, -0.25) is 0 Å². The lowest BCUT2D eigenvalue weighted by molar-refractivity contribution is 0.0885. The van der Waals surface area contributed by atoms with Crippen LogP contribution in [0.1, 0.15) is 31.2 Å². The fourth-order valence-corrected chi connectivity index (χ4v) is 1.76. The quantitative estimate of drug-likeness (QED) is 0.328. The zero-order chi connectivity index (χ0) is 16.0. The fraction of sp³-hybridized carbons (Fsp3) is 0.500. The van der Waals surface area contributed by atoms with Gasteiger partial charge >= 0.3 is 6.16 Å².